The normalized spacial score (nSPS) is 32.2. The molecule has 2 bridgehead atoms. The smallest absolute Gasteiger partial charge is 0.316 e. The minimum absolute atomic E-state index is 0.0637. The number of ether oxygens (including phenoxy) is 1. The van der Waals surface area contributed by atoms with Crippen LogP contribution >= 0.6 is 11.6 Å². The monoisotopic (exact) mass is 394 g/mol. The summed E-state index contributed by atoms with van der Waals surface area (Å²) in [5, 5.41) is 20.5. The molecule has 0 fully saturated rings. The molecule has 2 rings (SSSR count). The molecule has 0 radical (unpaired) electrons. The van der Waals surface area contributed by atoms with E-state index in [9.17, 15) is 19.8 Å². The van der Waals surface area contributed by atoms with E-state index in [0.717, 1.165) is 11.1 Å². The van der Waals surface area contributed by atoms with Crippen molar-refractivity contribution in [3.05, 3.63) is 46.5 Å². The number of aliphatic hydroxyl groups is 2. The molecular formula is C21H27ClO5. The molecule has 6 heteroatoms. The highest BCUT2D eigenvalue weighted by Crippen LogP contribution is 2.29. The van der Waals surface area contributed by atoms with Crippen molar-refractivity contribution in [3.8, 4) is 0 Å². The number of esters is 1. The fourth-order valence-electron chi connectivity index (χ4n) is 3.36. The van der Waals surface area contributed by atoms with Gasteiger partial charge in [-0.15, -0.1) is 0 Å². The molecule has 4 atom stereocenters. The van der Waals surface area contributed by atoms with Gasteiger partial charge in [-0.25, -0.2) is 0 Å². The van der Waals surface area contributed by atoms with Gasteiger partial charge in [0.15, 0.2) is 11.4 Å². The van der Waals surface area contributed by atoms with Crippen LogP contribution in [0.15, 0.2) is 35.4 Å². The van der Waals surface area contributed by atoms with Gasteiger partial charge < -0.3 is 14.9 Å². The van der Waals surface area contributed by atoms with E-state index in [2.05, 4.69) is 0 Å². The average molecular weight is 395 g/mol. The Bertz CT molecular complexity index is 729. The van der Waals surface area contributed by atoms with E-state index >= 15 is 0 Å². The molecule has 1 heterocycles. The van der Waals surface area contributed by atoms with Gasteiger partial charge in [-0.2, -0.15) is 0 Å². The molecule has 0 saturated carbocycles. The Balaban J connectivity index is 2.48. The number of aliphatic hydroxyl groups excluding tert-OH is 1. The van der Waals surface area contributed by atoms with Crippen LogP contribution in [-0.4, -0.2) is 34.2 Å². The number of cyclic esters (lactones) is 1. The van der Waals surface area contributed by atoms with Gasteiger partial charge in [0.1, 0.15) is 12.0 Å². The molecule has 148 valence electrons. The Morgan fingerprint density at radius 2 is 2.00 bits per heavy atom. The lowest BCUT2D eigenvalue weighted by Crippen LogP contribution is -2.47. The second kappa shape index (κ2) is 9.00. The molecule has 1 aliphatic rings. The van der Waals surface area contributed by atoms with Crippen LogP contribution in [0.2, 0.25) is 0 Å². The summed E-state index contributed by atoms with van der Waals surface area (Å²) >= 11 is 6.25. The van der Waals surface area contributed by atoms with Crippen molar-refractivity contribution in [2.75, 3.05) is 6.61 Å². The summed E-state index contributed by atoms with van der Waals surface area (Å²) in [4.78, 5) is 25.2. The largest absolute Gasteiger partial charge is 0.457 e. The van der Waals surface area contributed by atoms with E-state index in [0.29, 0.717) is 12.8 Å². The van der Waals surface area contributed by atoms with E-state index in [1.54, 1.807) is 6.08 Å². The Morgan fingerprint density at radius 3 is 2.63 bits per heavy atom. The maximum absolute atomic E-state index is 12.7. The summed E-state index contributed by atoms with van der Waals surface area (Å²) in [5.41, 5.74) is -0.181. The van der Waals surface area contributed by atoms with Crippen molar-refractivity contribution in [1.29, 1.82) is 0 Å². The van der Waals surface area contributed by atoms with E-state index in [1.807, 2.05) is 38.1 Å². The number of rotatable bonds is 2. The van der Waals surface area contributed by atoms with Crippen LogP contribution in [0.25, 0.3) is 0 Å². The Labute approximate surface area is 165 Å². The Morgan fingerprint density at radius 1 is 1.30 bits per heavy atom. The SMILES string of the molecule is CC[C@@H]1OC(=O)[C@H](C)C(=O)[C@@](O)(CO)C/C(Cl)=C\[C@@H](C)Cc2cccc1c2. The number of carbonyl (C=O) groups excluding carboxylic acids is 2. The van der Waals surface area contributed by atoms with Crippen LogP contribution in [0.3, 0.4) is 0 Å². The van der Waals surface area contributed by atoms with Gasteiger partial charge >= 0.3 is 5.97 Å². The summed E-state index contributed by atoms with van der Waals surface area (Å²) in [7, 11) is 0. The van der Waals surface area contributed by atoms with Crippen LogP contribution in [0.1, 0.15) is 50.8 Å². The highest BCUT2D eigenvalue weighted by molar-refractivity contribution is 6.29. The topological polar surface area (TPSA) is 83.8 Å². The summed E-state index contributed by atoms with van der Waals surface area (Å²) in [5.74, 6) is -2.68. The number of hydrogen-bond donors (Lipinski definition) is 2. The number of allylic oxidation sites excluding steroid dienone is 1. The zero-order chi connectivity index (χ0) is 20.2. The van der Waals surface area contributed by atoms with E-state index in [4.69, 9.17) is 16.3 Å². The quantitative estimate of drug-likeness (QED) is 0.593. The molecule has 0 aromatic heterocycles. The summed E-state index contributed by atoms with van der Waals surface area (Å²) in [6, 6.07) is 7.81. The van der Waals surface area contributed by atoms with E-state index in [-0.39, 0.29) is 17.4 Å². The van der Waals surface area contributed by atoms with Gasteiger partial charge in [0.2, 0.25) is 0 Å². The van der Waals surface area contributed by atoms with Gasteiger partial charge in [-0.3, -0.25) is 9.59 Å². The van der Waals surface area contributed by atoms with Crippen LogP contribution in [0, 0.1) is 11.8 Å². The predicted octanol–water partition coefficient (Wildman–Crippen LogP) is 3.31. The summed E-state index contributed by atoms with van der Waals surface area (Å²) < 4.78 is 5.56. The maximum Gasteiger partial charge on any atom is 0.316 e. The lowest BCUT2D eigenvalue weighted by molar-refractivity contribution is -0.163. The summed E-state index contributed by atoms with van der Waals surface area (Å²) in [6.07, 6.45) is 2.31. The third kappa shape index (κ3) is 5.18. The molecule has 0 amide bonds. The predicted molar refractivity (Wildman–Crippen MR) is 103 cm³/mol. The Hall–Kier alpha value is -1.69. The third-order valence-electron chi connectivity index (χ3n) is 4.90. The van der Waals surface area contributed by atoms with Crippen molar-refractivity contribution in [1.82, 2.24) is 0 Å². The minimum atomic E-state index is -2.12. The third-order valence-corrected chi connectivity index (χ3v) is 5.16. The van der Waals surface area contributed by atoms with Crippen molar-refractivity contribution in [2.45, 2.75) is 51.7 Å². The molecule has 1 aromatic rings. The number of benzene rings is 1. The van der Waals surface area contributed by atoms with E-state index < -0.39 is 36.0 Å². The maximum atomic E-state index is 12.7. The van der Waals surface area contributed by atoms with Crippen molar-refractivity contribution < 1.29 is 24.5 Å². The first kappa shape index (κ1) is 21.6. The molecule has 0 spiro atoms. The average Bonchev–Trinajstić information content (AvgIpc) is 2.63. The van der Waals surface area contributed by atoms with E-state index in [1.165, 1.54) is 6.92 Å². The zero-order valence-electron chi connectivity index (χ0n) is 15.9. The van der Waals surface area contributed by atoms with Crippen LogP contribution in [0.5, 0.6) is 0 Å². The first-order chi connectivity index (χ1) is 12.7. The minimum Gasteiger partial charge on any atom is -0.457 e. The number of Topliss-reactive ketones (excluding diaryl/α,β-unsaturated/α-hetero) is 1. The summed E-state index contributed by atoms with van der Waals surface area (Å²) in [6.45, 7) is 4.44. The first-order valence-corrected chi connectivity index (χ1v) is 9.61. The standard InChI is InChI=1S/C21H27ClO5/c1-4-18-16-7-5-6-15(10-16)8-13(2)9-17(22)11-21(26,12-23)19(24)14(3)20(25)27-18/h5-7,9-10,13-14,18,23,26H,4,8,11-12H2,1-3H3/b17-9+/t13-,14+,18-,21-/m0/s1. The zero-order valence-corrected chi connectivity index (χ0v) is 16.7. The fourth-order valence-corrected chi connectivity index (χ4v) is 3.79. The Kier molecular flexibility index (Phi) is 7.20. The number of ketones is 1. The fraction of sp³-hybridized carbons (Fsp3) is 0.524. The molecular weight excluding hydrogens is 368 g/mol. The van der Waals surface area contributed by atoms with Gasteiger partial charge in [0.25, 0.3) is 0 Å². The molecule has 0 saturated heterocycles. The number of fused-ring (bicyclic) bond motifs is 2. The second-order valence-electron chi connectivity index (χ2n) is 7.33. The van der Waals surface area contributed by atoms with Gasteiger partial charge in [0, 0.05) is 11.5 Å². The lowest BCUT2D eigenvalue weighted by atomic mass is 9.86. The molecule has 27 heavy (non-hydrogen) atoms. The second-order valence-corrected chi connectivity index (χ2v) is 7.81. The van der Waals surface area contributed by atoms with Crippen LogP contribution in [-0.2, 0) is 20.7 Å². The first-order valence-electron chi connectivity index (χ1n) is 9.23. The van der Waals surface area contributed by atoms with Crippen molar-refractivity contribution >= 4 is 23.4 Å². The lowest BCUT2D eigenvalue weighted by Gasteiger charge is -2.28. The number of hydrogen-bond acceptors (Lipinski definition) is 5. The number of halogens is 1. The van der Waals surface area contributed by atoms with Crippen LogP contribution < -0.4 is 0 Å². The number of carbonyl (C=O) groups is 2. The van der Waals surface area contributed by atoms with Crippen molar-refractivity contribution in [3.63, 3.8) is 0 Å². The van der Waals surface area contributed by atoms with Crippen molar-refractivity contribution in [2.24, 2.45) is 11.8 Å². The van der Waals surface area contributed by atoms with Crippen LogP contribution in [0.4, 0.5) is 0 Å². The highest BCUT2D eigenvalue weighted by Gasteiger charge is 2.42. The van der Waals surface area contributed by atoms with Gasteiger partial charge in [0.05, 0.1) is 6.61 Å². The molecule has 1 aromatic carbocycles. The molecule has 2 N–H and O–H groups in total. The van der Waals surface area contributed by atoms with Gasteiger partial charge in [-0.05, 0) is 36.8 Å². The molecule has 0 aliphatic carbocycles. The highest BCUT2D eigenvalue weighted by atomic mass is 35.5. The molecule has 1 aliphatic heterocycles. The molecule has 0 unspecified atom stereocenters. The molecule has 5 nitrogen and oxygen atoms in total. The van der Waals surface area contributed by atoms with Gasteiger partial charge in [-0.1, -0.05) is 55.8 Å².